The van der Waals surface area contributed by atoms with Crippen LogP contribution >= 0.6 is 0 Å². The summed E-state index contributed by atoms with van der Waals surface area (Å²) in [6, 6.07) is 23.0. The Balaban J connectivity index is 1.21. The number of benzene rings is 3. The highest BCUT2D eigenvalue weighted by Gasteiger charge is 2.32. The molecule has 1 fully saturated rings. The summed E-state index contributed by atoms with van der Waals surface area (Å²) < 4.78 is 0. The highest BCUT2D eigenvalue weighted by molar-refractivity contribution is 5.83. The molecule has 0 aliphatic carbocycles. The number of nitrogens with one attached hydrogen (secondary N) is 2. The molecule has 0 spiro atoms. The van der Waals surface area contributed by atoms with Crippen LogP contribution in [0.25, 0.3) is 21.7 Å². The fourth-order valence-electron chi connectivity index (χ4n) is 5.38. The maximum Gasteiger partial charge on any atom is 0.0991 e. The molecule has 0 amide bonds. The van der Waals surface area contributed by atoms with Gasteiger partial charge in [0, 0.05) is 30.1 Å². The lowest BCUT2D eigenvalue weighted by Crippen LogP contribution is -2.50. The average Bonchev–Trinajstić information content (AvgIpc) is 3.49. The van der Waals surface area contributed by atoms with E-state index in [-0.39, 0.29) is 11.6 Å². The third-order valence-electron chi connectivity index (χ3n) is 7.23. The highest BCUT2D eigenvalue weighted by Crippen LogP contribution is 2.26. The molecule has 4 aromatic rings. The lowest BCUT2D eigenvalue weighted by Gasteiger charge is -2.32. The number of fused-ring (bicyclic) bond motifs is 2. The van der Waals surface area contributed by atoms with Crippen LogP contribution in [0.2, 0.25) is 0 Å². The summed E-state index contributed by atoms with van der Waals surface area (Å²) in [5, 5.41) is 35.1. The minimum absolute atomic E-state index is 0.0940. The maximum atomic E-state index is 11.1. The normalized spacial score (nSPS) is 17.7. The molecule has 6 heteroatoms. The number of hydrogen-bond acceptors (Lipinski definition) is 5. The number of H-pyrrole nitrogens is 1. The molecule has 2 atom stereocenters. The summed E-state index contributed by atoms with van der Waals surface area (Å²) >= 11 is 0. The van der Waals surface area contributed by atoms with E-state index < -0.39 is 6.10 Å². The molecule has 1 saturated heterocycles. The van der Waals surface area contributed by atoms with Crippen molar-refractivity contribution >= 4 is 21.7 Å². The molecular weight excluding hydrogens is 434 g/mol. The second kappa shape index (κ2) is 9.79. The van der Waals surface area contributed by atoms with Gasteiger partial charge in [-0.05, 0) is 74.2 Å². The zero-order chi connectivity index (χ0) is 24.4. The van der Waals surface area contributed by atoms with Crippen molar-refractivity contribution in [1.29, 1.82) is 5.26 Å². The molecular formula is C29H33N5O. The van der Waals surface area contributed by atoms with E-state index >= 15 is 0 Å². The third-order valence-corrected chi connectivity index (χ3v) is 7.23. The second-order valence-electron chi connectivity index (χ2n) is 10.4. The summed E-state index contributed by atoms with van der Waals surface area (Å²) in [4.78, 5) is 2.34. The molecule has 5 rings (SSSR count). The summed E-state index contributed by atoms with van der Waals surface area (Å²) in [6.45, 7) is 6.58. The fraction of sp³-hybridized carbons (Fsp3) is 0.379. The summed E-state index contributed by atoms with van der Waals surface area (Å²) in [7, 11) is 0. The van der Waals surface area contributed by atoms with E-state index in [1.807, 2.05) is 12.1 Å². The van der Waals surface area contributed by atoms with Crippen molar-refractivity contribution in [3.63, 3.8) is 0 Å². The van der Waals surface area contributed by atoms with Crippen molar-refractivity contribution < 1.29 is 5.11 Å². The van der Waals surface area contributed by atoms with Crippen LogP contribution in [0.1, 0.15) is 43.5 Å². The monoisotopic (exact) mass is 467 g/mol. The number of aliphatic hydroxyl groups excluding tert-OH is 1. The van der Waals surface area contributed by atoms with E-state index in [0.717, 1.165) is 42.4 Å². The smallest absolute Gasteiger partial charge is 0.0991 e. The van der Waals surface area contributed by atoms with Crippen LogP contribution in [0.15, 0.2) is 60.7 Å². The molecule has 6 nitrogen and oxygen atoms in total. The van der Waals surface area contributed by atoms with Gasteiger partial charge in [0.2, 0.25) is 0 Å². The standard InChI is InChI=1S/C29H33N5O/c1-29(2,16-20-9-11-22-6-3-4-7-23(22)14-20)31-18-28(35)27-8-5-13-34(27)19-26-24-15-21(17-30)10-12-25(24)32-33-26/h3-4,6-7,9-12,14-15,27-28,31,35H,5,8,13,16,18-19H2,1-2H3,(H,32,33)/t27-,28-/m1/s1. The lowest BCUT2D eigenvalue weighted by atomic mass is 9.93. The van der Waals surface area contributed by atoms with E-state index in [1.165, 1.54) is 16.3 Å². The van der Waals surface area contributed by atoms with Crippen molar-refractivity contribution in [3.8, 4) is 6.07 Å². The Labute approximate surface area is 206 Å². The van der Waals surface area contributed by atoms with Gasteiger partial charge >= 0.3 is 0 Å². The van der Waals surface area contributed by atoms with Gasteiger partial charge in [-0.3, -0.25) is 10.00 Å². The molecule has 0 saturated carbocycles. The molecule has 1 aliphatic heterocycles. The van der Waals surface area contributed by atoms with Crippen molar-refractivity contribution in [2.75, 3.05) is 13.1 Å². The number of aliphatic hydroxyl groups is 1. The zero-order valence-corrected chi connectivity index (χ0v) is 20.5. The lowest BCUT2D eigenvalue weighted by molar-refractivity contribution is 0.0629. The molecule has 35 heavy (non-hydrogen) atoms. The van der Waals surface area contributed by atoms with Gasteiger partial charge in [0.1, 0.15) is 0 Å². The average molecular weight is 468 g/mol. The number of nitrogens with zero attached hydrogens (tertiary/aromatic N) is 3. The summed E-state index contributed by atoms with van der Waals surface area (Å²) in [5.74, 6) is 0. The minimum atomic E-state index is -0.461. The molecule has 3 N–H and O–H groups in total. The van der Waals surface area contributed by atoms with Crippen LogP contribution in [0.3, 0.4) is 0 Å². The van der Waals surface area contributed by atoms with Gasteiger partial charge in [-0.1, -0.05) is 42.5 Å². The Bertz CT molecular complexity index is 1370. The Morgan fingerprint density at radius 1 is 1.17 bits per heavy atom. The van der Waals surface area contributed by atoms with Crippen LogP contribution in [0.5, 0.6) is 0 Å². The molecule has 2 heterocycles. The SMILES string of the molecule is CC(C)(Cc1ccc2ccccc2c1)NC[C@@H](O)[C@H]1CCCN1Cc1[nH]nc2ccc(C#N)cc12. The van der Waals surface area contributed by atoms with E-state index in [0.29, 0.717) is 18.7 Å². The fourth-order valence-corrected chi connectivity index (χ4v) is 5.38. The van der Waals surface area contributed by atoms with Gasteiger partial charge in [0.25, 0.3) is 0 Å². The topological polar surface area (TPSA) is 88.0 Å². The number of nitriles is 1. The Kier molecular flexibility index (Phi) is 6.57. The number of likely N-dealkylation sites (tertiary alicyclic amines) is 1. The van der Waals surface area contributed by atoms with Gasteiger partial charge in [-0.15, -0.1) is 0 Å². The summed E-state index contributed by atoms with van der Waals surface area (Å²) in [5.41, 5.74) is 3.66. The van der Waals surface area contributed by atoms with E-state index in [9.17, 15) is 10.4 Å². The first-order valence-electron chi connectivity index (χ1n) is 12.4. The second-order valence-corrected chi connectivity index (χ2v) is 10.4. The largest absolute Gasteiger partial charge is 0.390 e. The quantitative estimate of drug-likeness (QED) is 0.355. The number of rotatable bonds is 8. The molecule has 180 valence electrons. The van der Waals surface area contributed by atoms with E-state index in [2.05, 4.69) is 82.8 Å². The maximum absolute atomic E-state index is 11.1. The zero-order valence-electron chi connectivity index (χ0n) is 20.5. The molecule has 1 aliphatic rings. The first kappa shape index (κ1) is 23.5. The number of aromatic amines is 1. The van der Waals surface area contributed by atoms with Crippen LogP contribution in [-0.4, -0.2) is 51.0 Å². The van der Waals surface area contributed by atoms with Gasteiger partial charge < -0.3 is 10.4 Å². The first-order valence-corrected chi connectivity index (χ1v) is 12.4. The molecule has 0 bridgehead atoms. The third kappa shape index (κ3) is 5.23. The number of aromatic nitrogens is 2. The molecule has 0 unspecified atom stereocenters. The Hall–Kier alpha value is -3.24. The van der Waals surface area contributed by atoms with Crippen LogP contribution in [0.4, 0.5) is 0 Å². The van der Waals surface area contributed by atoms with Gasteiger partial charge in [0.05, 0.1) is 28.9 Å². The number of hydrogen-bond donors (Lipinski definition) is 3. The van der Waals surface area contributed by atoms with Crippen molar-refractivity contribution in [1.82, 2.24) is 20.4 Å². The molecule has 0 radical (unpaired) electrons. The van der Waals surface area contributed by atoms with Gasteiger partial charge in [-0.25, -0.2) is 0 Å². The van der Waals surface area contributed by atoms with E-state index in [1.54, 1.807) is 6.07 Å². The van der Waals surface area contributed by atoms with Crippen LogP contribution in [-0.2, 0) is 13.0 Å². The van der Waals surface area contributed by atoms with Crippen molar-refractivity contribution in [2.45, 2.75) is 57.3 Å². The first-order chi connectivity index (χ1) is 16.9. The Morgan fingerprint density at radius 3 is 2.83 bits per heavy atom. The van der Waals surface area contributed by atoms with Gasteiger partial charge in [0.15, 0.2) is 0 Å². The highest BCUT2D eigenvalue weighted by atomic mass is 16.3. The van der Waals surface area contributed by atoms with Crippen molar-refractivity contribution in [2.24, 2.45) is 0 Å². The predicted octanol–water partition coefficient (Wildman–Crippen LogP) is 4.52. The Morgan fingerprint density at radius 2 is 2.00 bits per heavy atom. The van der Waals surface area contributed by atoms with E-state index in [4.69, 9.17) is 0 Å². The van der Waals surface area contributed by atoms with Crippen LogP contribution < -0.4 is 5.32 Å². The van der Waals surface area contributed by atoms with Crippen LogP contribution in [0, 0.1) is 11.3 Å². The summed E-state index contributed by atoms with van der Waals surface area (Å²) in [6.07, 6.45) is 2.47. The number of β-amino-alcohol motifs (C(OH)–C–C–N with tert-alkyl or cyclic N) is 1. The predicted molar refractivity (Wildman–Crippen MR) is 140 cm³/mol. The minimum Gasteiger partial charge on any atom is -0.390 e. The van der Waals surface area contributed by atoms with Crippen molar-refractivity contribution in [3.05, 3.63) is 77.5 Å². The van der Waals surface area contributed by atoms with Gasteiger partial charge in [-0.2, -0.15) is 10.4 Å². The molecule has 3 aromatic carbocycles. The molecule has 1 aromatic heterocycles.